The third-order valence-electron chi connectivity index (χ3n) is 2.11. The second-order valence-electron chi connectivity index (χ2n) is 3.34. The SMILES string of the molecule is Cc1cnc(C(N)c2cccc(Br)c2)s1. The van der Waals surface area contributed by atoms with E-state index in [1.54, 1.807) is 11.3 Å². The van der Waals surface area contributed by atoms with Crippen LogP contribution in [-0.2, 0) is 0 Å². The zero-order valence-electron chi connectivity index (χ0n) is 8.27. The summed E-state index contributed by atoms with van der Waals surface area (Å²) in [6, 6.07) is 7.90. The maximum atomic E-state index is 6.13. The van der Waals surface area contributed by atoms with Crippen LogP contribution in [0.15, 0.2) is 34.9 Å². The smallest absolute Gasteiger partial charge is 0.114 e. The van der Waals surface area contributed by atoms with E-state index in [0.29, 0.717) is 0 Å². The van der Waals surface area contributed by atoms with E-state index in [2.05, 4.69) is 20.9 Å². The molecule has 4 heteroatoms. The van der Waals surface area contributed by atoms with Gasteiger partial charge in [-0.1, -0.05) is 28.1 Å². The normalized spacial score (nSPS) is 12.7. The zero-order valence-corrected chi connectivity index (χ0v) is 10.7. The van der Waals surface area contributed by atoms with Crippen molar-refractivity contribution in [3.05, 3.63) is 50.4 Å². The number of aromatic nitrogens is 1. The van der Waals surface area contributed by atoms with Gasteiger partial charge in [-0.2, -0.15) is 0 Å². The van der Waals surface area contributed by atoms with Crippen molar-refractivity contribution in [2.24, 2.45) is 5.73 Å². The van der Waals surface area contributed by atoms with Gasteiger partial charge in [-0.05, 0) is 24.6 Å². The minimum absolute atomic E-state index is 0.124. The van der Waals surface area contributed by atoms with Gasteiger partial charge in [-0.15, -0.1) is 11.3 Å². The number of aryl methyl sites for hydroxylation is 1. The van der Waals surface area contributed by atoms with Crippen molar-refractivity contribution >= 4 is 27.3 Å². The van der Waals surface area contributed by atoms with Crippen LogP contribution < -0.4 is 5.73 Å². The minimum Gasteiger partial charge on any atom is -0.318 e. The number of halogens is 1. The van der Waals surface area contributed by atoms with E-state index in [-0.39, 0.29) is 6.04 Å². The summed E-state index contributed by atoms with van der Waals surface area (Å²) in [6.07, 6.45) is 1.86. The Morgan fingerprint density at radius 3 is 2.87 bits per heavy atom. The predicted molar refractivity (Wildman–Crippen MR) is 67.0 cm³/mol. The van der Waals surface area contributed by atoms with E-state index in [0.717, 1.165) is 15.0 Å². The van der Waals surface area contributed by atoms with Crippen molar-refractivity contribution in [1.82, 2.24) is 4.98 Å². The number of hydrogen-bond acceptors (Lipinski definition) is 3. The number of nitrogens with two attached hydrogens (primary N) is 1. The summed E-state index contributed by atoms with van der Waals surface area (Å²) >= 11 is 5.08. The average molecular weight is 283 g/mol. The highest BCUT2D eigenvalue weighted by atomic mass is 79.9. The maximum absolute atomic E-state index is 6.13. The predicted octanol–water partition coefficient (Wildman–Crippen LogP) is 3.26. The first kappa shape index (κ1) is 10.8. The number of rotatable bonds is 2. The lowest BCUT2D eigenvalue weighted by molar-refractivity contribution is 0.857. The van der Waals surface area contributed by atoms with Crippen LogP contribution in [0.2, 0.25) is 0 Å². The van der Waals surface area contributed by atoms with Crippen LogP contribution in [0.25, 0.3) is 0 Å². The highest BCUT2D eigenvalue weighted by Crippen LogP contribution is 2.25. The van der Waals surface area contributed by atoms with E-state index >= 15 is 0 Å². The molecule has 1 unspecified atom stereocenters. The largest absolute Gasteiger partial charge is 0.318 e. The molecule has 2 N–H and O–H groups in total. The fourth-order valence-corrected chi connectivity index (χ4v) is 2.58. The molecule has 1 aromatic heterocycles. The third-order valence-corrected chi connectivity index (χ3v) is 3.60. The molecule has 15 heavy (non-hydrogen) atoms. The molecule has 0 spiro atoms. The van der Waals surface area contributed by atoms with Crippen LogP contribution in [0.3, 0.4) is 0 Å². The number of hydrogen-bond donors (Lipinski definition) is 1. The third kappa shape index (κ3) is 2.45. The van der Waals surface area contributed by atoms with Gasteiger partial charge in [-0.25, -0.2) is 4.98 Å². The summed E-state index contributed by atoms with van der Waals surface area (Å²) in [5.74, 6) is 0. The van der Waals surface area contributed by atoms with Gasteiger partial charge in [0.2, 0.25) is 0 Å². The Labute approximate surface area is 101 Å². The van der Waals surface area contributed by atoms with Crippen molar-refractivity contribution in [2.75, 3.05) is 0 Å². The summed E-state index contributed by atoms with van der Waals surface area (Å²) in [4.78, 5) is 5.49. The molecule has 0 aliphatic rings. The van der Waals surface area contributed by atoms with Gasteiger partial charge in [0, 0.05) is 15.5 Å². The molecule has 0 aliphatic carbocycles. The van der Waals surface area contributed by atoms with Gasteiger partial charge >= 0.3 is 0 Å². The van der Waals surface area contributed by atoms with E-state index in [1.807, 2.05) is 37.4 Å². The topological polar surface area (TPSA) is 38.9 Å². The van der Waals surface area contributed by atoms with Crippen molar-refractivity contribution in [2.45, 2.75) is 13.0 Å². The van der Waals surface area contributed by atoms with E-state index in [1.165, 1.54) is 4.88 Å². The number of benzene rings is 1. The molecular weight excluding hydrogens is 272 g/mol. The van der Waals surface area contributed by atoms with E-state index in [4.69, 9.17) is 5.73 Å². The van der Waals surface area contributed by atoms with Crippen LogP contribution >= 0.6 is 27.3 Å². The quantitative estimate of drug-likeness (QED) is 0.918. The van der Waals surface area contributed by atoms with Gasteiger partial charge in [-0.3, -0.25) is 0 Å². The molecule has 0 saturated heterocycles. The van der Waals surface area contributed by atoms with Crippen molar-refractivity contribution in [3.8, 4) is 0 Å². The minimum atomic E-state index is -0.124. The summed E-state index contributed by atoms with van der Waals surface area (Å²) in [6.45, 7) is 2.04. The second kappa shape index (κ2) is 4.43. The molecule has 2 aromatic rings. The Balaban J connectivity index is 2.32. The molecule has 0 aliphatic heterocycles. The van der Waals surface area contributed by atoms with E-state index in [9.17, 15) is 0 Å². The van der Waals surface area contributed by atoms with E-state index < -0.39 is 0 Å². The van der Waals surface area contributed by atoms with Gasteiger partial charge in [0.25, 0.3) is 0 Å². The standard InChI is InChI=1S/C11H11BrN2S/c1-7-6-14-11(15-7)10(13)8-3-2-4-9(12)5-8/h2-6,10H,13H2,1H3. The van der Waals surface area contributed by atoms with Crippen LogP contribution in [0, 0.1) is 6.92 Å². The summed E-state index contributed by atoms with van der Waals surface area (Å²) in [7, 11) is 0. The summed E-state index contributed by atoms with van der Waals surface area (Å²) < 4.78 is 1.05. The van der Waals surface area contributed by atoms with Gasteiger partial charge in [0.05, 0.1) is 6.04 Å². The first-order valence-corrected chi connectivity index (χ1v) is 6.21. The molecule has 2 nitrogen and oxygen atoms in total. The lowest BCUT2D eigenvalue weighted by atomic mass is 10.1. The molecule has 0 radical (unpaired) electrons. The van der Waals surface area contributed by atoms with Gasteiger partial charge in [0.1, 0.15) is 5.01 Å². The highest BCUT2D eigenvalue weighted by molar-refractivity contribution is 9.10. The molecule has 0 bridgehead atoms. The first-order chi connectivity index (χ1) is 7.16. The number of nitrogens with zero attached hydrogens (tertiary/aromatic N) is 1. The van der Waals surface area contributed by atoms with Crippen LogP contribution in [0.4, 0.5) is 0 Å². The lowest BCUT2D eigenvalue weighted by Gasteiger charge is -2.08. The van der Waals surface area contributed by atoms with Gasteiger partial charge < -0.3 is 5.73 Å². The van der Waals surface area contributed by atoms with Crippen molar-refractivity contribution in [1.29, 1.82) is 0 Å². The fraction of sp³-hybridized carbons (Fsp3) is 0.182. The summed E-state index contributed by atoms with van der Waals surface area (Å²) in [5.41, 5.74) is 7.21. The maximum Gasteiger partial charge on any atom is 0.114 e. The first-order valence-electron chi connectivity index (χ1n) is 4.60. The average Bonchev–Trinajstić information content (AvgIpc) is 2.64. The molecule has 0 saturated carbocycles. The molecule has 78 valence electrons. The molecule has 0 fully saturated rings. The summed E-state index contributed by atoms with van der Waals surface area (Å²) in [5, 5.41) is 0.964. The van der Waals surface area contributed by atoms with Crippen LogP contribution in [0.1, 0.15) is 21.5 Å². The molecule has 1 aromatic carbocycles. The highest BCUT2D eigenvalue weighted by Gasteiger charge is 2.12. The lowest BCUT2D eigenvalue weighted by Crippen LogP contribution is -2.11. The molecule has 0 amide bonds. The Kier molecular flexibility index (Phi) is 3.19. The van der Waals surface area contributed by atoms with Crippen molar-refractivity contribution < 1.29 is 0 Å². The van der Waals surface area contributed by atoms with Crippen LogP contribution in [0.5, 0.6) is 0 Å². The van der Waals surface area contributed by atoms with Crippen molar-refractivity contribution in [3.63, 3.8) is 0 Å². The Bertz CT molecular complexity index is 467. The molecule has 2 rings (SSSR count). The molecule has 1 heterocycles. The van der Waals surface area contributed by atoms with Crippen LogP contribution in [-0.4, -0.2) is 4.98 Å². The molecule has 1 atom stereocenters. The molecular formula is C11H11BrN2S. The fourth-order valence-electron chi connectivity index (χ4n) is 1.36. The Morgan fingerprint density at radius 1 is 1.47 bits per heavy atom. The monoisotopic (exact) mass is 282 g/mol. The number of thiazole rings is 1. The second-order valence-corrected chi connectivity index (χ2v) is 5.52. The zero-order chi connectivity index (χ0) is 10.8. The Morgan fingerprint density at radius 2 is 2.27 bits per heavy atom. The van der Waals surface area contributed by atoms with Gasteiger partial charge in [0.15, 0.2) is 0 Å². The Hall–Kier alpha value is -0.710.